The second kappa shape index (κ2) is 3.42. The molecule has 0 radical (unpaired) electrons. The van der Waals surface area contributed by atoms with Crippen molar-refractivity contribution in [3.8, 4) is 0 Å². The molecule has 2 atom stereocenters. The zero-order valence-corrected chi connectivity index (χ0v) is 6.32. The summed E-state index contributed by atoms with van der Waals surface area (Å²) in [5, 5.41) is 2.79. The number of nitrogens with zero attached hydrogens (tertiary/aromatic N) is 1. The number of nitroso groups, excluding NO2 is 1. The fraction of sp³-hybridized carbons (Fsp3) is 0.625. The average molecular weight is 153 g/mol. The van der Waals surface area contributed by atoms with Crippen LogP contribution < -0.4 is 0 Å². The van der Waals surface area contributed by atoms with Crippen LogP contribution in [-0.4, -0.2) is 12.3 Å². The van der Waals surface area contributed by atoms with Gasteiger partial charge in [0.2, 0.25) is 0 Å². The van der Waals surface area contributed by atoms with Crippen LogP contribution in [0.1, 0.15) is 12.8 Å². The molecular weight excluding hydrogens is 142 g/mol. The first-order valence-corrected chi connectivity index (χ1v) is 3.75. The molecule has 0 N–H and O–H groups in total. The quantitative estimate of drug-likeness (QED) is 0.454. The normalized spacial score (nSPS) is 28.7. The maximum Gasteiger partial charge on any atom is 0.158 e. The summed E-state index contributed by atoms with van der Waals surface area (Å²) in [4.78, 5) is 20.9. The summed E-state index contributed by atoms with van der Waals surface area (Å²) in [7, 11) is 0. The van der Waals surface area contributed by atoms with Gasteiger partial charge in [-0.05, 0) is 24.8 Å². The summed E-state index contributed by atoms with van der Waals surface area (Å²) >= 11 is 0. The van der Waals surface area contributed by atoms with E-state index >= 15 is 0 Å². The SMILES string of the molecule is C=CC(=O)[C@@H]1CC[C@H]1CN=O. The van der Waals surface area contributed by atoms with E-state index in [1.807, 2.05) is 0 Å². The predicted molar refractivity (Wildman–Crippen MR) is 42.1 cm³/mol. The topological polar surface area (TPSA) is 46.5 Å². The molecule has 3 nitrogen and oxygen atoms in total. The molecule has 0 aromatic rings. The summed E-state index contributed by atoms with van der Waals surface area (Å²) in [5.41, 5.74) is 0. The Hall–Kier alpha value is -0.990. The Kier molecular flexibility index (Phi) is 2.52. The molecule has 1 saturated carbocycles. The summed E-state index contributed by atoms with van der Waals surface area (Å²) in [6.07, 6.45) is 3.18. The molecular formula is C8H11NO2. The van der Waals surface area contributed by atoms with Crippen molar-refractivity contribution < 1.29 is 4.79 Å². The average Bonchev–Trinajstić information content (AvgIpc) is 1.98. The van der Waals surface area contributed by atoms with E-state index in [1.165, 1.54) is 6.08 Å². The molecule has 11 heavy (non-hydrogen) atoms. The van der Waals surface area contributed by atoms with Gasteiger partial charge in [0.05, 0.1) is 6.54 Å². The van der Waals surface area contributed by atoms with Gasteiger partial charge in [-0.1, -0.05) is 11.8 Å². The first-order chi connectivity index (χ1) is 5.29. The molecule has 0 aromatic heterocycles. The lowest BCUT2D eigenvalue weighted by molar-refractivity contribution is -0.122. The van der Waals surface area contributed by atoms with Gasteiger partial charge >= 0.3 is 0 Å². The molecule has 0 bridgehead atoms. The van der Waals surface area contributed by atoms with Gasteiger partial charge < -0.3 is 0 Å². The Morgan fingerprint density at radius 3 is 2.73 bits per heavy atom. The molecule has 0 aliphatic heterocycles. The van der Waals surface area contributed by atoms with Gasteiger partial charge in [0.25, 0.3) is 0 Å². The summed E-state index contributed by atoms with van der Waals surface area (Å²) in [6, 6.07) is 0. The van der Waals surface area contributed by atoms with Crippen LogP contribution in [-0.2, 0) is 4.79 Å². The van der Waals surface area contributed by atoms with E-state index in [4.69, 9.17) is 0 Å². The van der Waals surface area contributed by atoms with Crippen molar-refractivity contribution in [2.45, 2.75) is 12.8 Å². The van der Waals surface area contributed by atoms with E-state index in [9.17, 15) is 9.70 Å². The molecule has 0 heterocycles. The van der Waals surface area contributed by atoms with Crippen molar-refractivity contribution in [3.63, 3.8) is 0 Å². The summed E-state index contributed by atoms with van der Waals surface area (Å²) < 4.78 is 0. The minimum atomic E-state index is 0.0326. The van der Waals surface area contributed by atoms with Crippen LogP contribution in [0.4, 0.5) is 0 Å². The third kappa shape index (κ3) is 1.53. The summed E-state index contributed by atoms with van der Waals surface area (Å²) in [6.45, 7) is 3.68. The van der Waals surface area contributed by atoms with Crippen molar-refractivity contribution in [3.05, 3.63) is 17.6 Å². The largest absolute Gasteiger partial charge is 0.295 e. The fourth-order valence-corrected chi connectivity index (χ4v) is 1.41. The lowest BCUT2D eigenvalue weighted by Crippen LogP contribution is -2.33. The third-order valence-electron chi connectivity index (χ3n) is 2.29. The lowest BCUT2D eigenvalue weighted by atomic mass is 9.71. The molecule has 1 rings (SSSR count). The van der Waals surface area contributed by atoms with Gasteiger partial charge in [0, 0.05) is 5.92 Å². The zero-order chi connectivity index (χ0) is 8.27. The number of hydrogen-bond donors (Lipinski definition) is 0. The lowest BCUT2D eigenvalue weighted by Gasteiger charge is -2.32. The van der Waals surface area contributed by atoms with Gasteiger partial charge in [-0.25, -0.2) is 0 Å². The van der Waals surface area contributed by atoms with Crippen LogP contribution in [0.5, 0.6) is 0 Å². The van der Waals surface area contributed by atoms with E-state index in [0.29, 0.717) is 0 Å². The second-order valence-corrected chi connectivity index (χ2v) is 2.86. The smallest absolute Gasteiger partial charge is 0.158 e. The highest BCUT2D eigenvalue weighted by Gasteiger charge is 2.34. The second-order valence-electron chi connectivity index (χ2n) is 2.86. The zero-order valence-electron chi connectivity index (χ0n) is 6.32. The number of ketones is 1. The Morgan fingerprint density at radius 1 is 1.64 bits per heavy atom. The maximum absolute atomic E-state index is 11.0. The van der Waals surface area contributed by atoms with Gasteiger partial charge in [0.15, 0.2) is 5.78 Å². The van der Waals surface area contributed by atoms with Gasteiger partial charge in [-0.2, -0.15) is 4.91 Å². The molecule has 0 unspecified atom stereocenters. The van der Waals surface area contributed by atoms with Crippen LogP contribution >= 0.6 is 0 Å². The minimum absolute atomic E-state index is 0.0326. The Balaban J connectivity index is 2.42. The standard InChI is InChI=1S/C8H11NO2/c1-2-8(10)7-4-3-6(7)5-9-11/h2,6-7H,1,3-5H2/t6-,7+/m0/s1. The molecule has 60 valence electrons. The van der Waals surface area contributed by atoms with E-state index in [1.54, 1.807) is 0 Å². The number of carbonyl (C=O) groups excluding carboxylic acids is 1. The van der Waals surface area contributed by atoms with E-state index in [2.05, 4.69) is 11.8 Å². The first kappa shape index (κ1) is 8.11. The van der Waals surface area contributed by atoms with Crippen LogP contribution in [0.2, 0.25) is 0 Å². The highest BCUT2D eigenvalue weighted by molar-refractivity contribution is 5.92. The molecule has 0 saturated heterocycles. The van der Waals surface area contributed by atoms with E-state index in [-0.39, 0.29) is 24.2 Å². The minimum Gasteiger partial charge on any atom is -0.295 e. The molecule has 0 spiro atoms. The number of hydrogen-bond acceptors (Lipinski definition) is 3. The van der Waals surface area contributed by atoms with Crippen molar-refractivity contribution >= 4 is 5.78 Å². The van der Waals surface area contributed by atoms with Crippen molar-refractivity contribution in [2.75, 3.05) is 6.54 Å². The van der Waals surface area contributed by atoms with Gasteiger partial charge in [0.1, 0.15) is 0 Å². The monoisotopic (exact) mass is 153 g/mol. The molecule has 1 fully saturated rings. The molecule has 1 aliphatic carbocycles. The van der Waals surface area contributed by atoms with Crippen molar-refractivity contribution in [1.29, 1.82) is 0 Å². The molecule has 0 aromatic carbocycles. The Morgan fingerprint density at radius 2 is 2.36 bits per heavy atom. The van der Waals surface area contributed by atoms with Crippen molar-refractivity contribution in [1.82, 2.24) is 0 Å². The Bertz CT molecular complexity index is 189. The maximum atomic E-state index is 11.0. The highest BCUT2D eigenvalue weighted by atomic mass is 16.3. The van der Waals surface area contributed by atoms with Gasteiger partial charge in [-0.15, -0.1) is 0 Å². The number of rotatable bonds is 4. The predicted octanol–water partition coefficient (Wildman–Crippen LogP) is 1.53. The summed E-state index contributed by atoms with van der Waals surface area (Å²) in [5.74, 6) is 0.285. The Labute approximate surface area is 65.5 Å². The van der Waals surface area contributed by atoms with Crippen LogP contribution in [0.15, 0.2) is 17.8 Å². The third-order valence-corrected chi connectivity index (χ3v) is 2.29. The molecule has 3 heteroatoms. The first-order valence-electron chi connectivity index (χ1n) is 3.75. The van der Waals surface area contributed by atoms with Crippen LogP contribution in [0.25, 0.3) is 0 Å². The van der Waals surface area contributed by atoms with E-state index in [0.717, 1.165) is 12.8 Å². The van der Waals surface area contributed by atoms with Crippen molar-refractivity contribution in [2.24, 2.45) is 17.0 Å². The molecule has 0 amide bonds. The van der Waals surface area contributed by atoms with Crippen LogP contribution in [0, 0.1) is 16.7 Å². The molecule has 1 aliphatic rings. The van der Waals surface area contributed by atoms with Crippen LogP contribution in [0.3, 0.4) is 0 Å². The fourth-order valence-electron chi connectivity index (χ4n) is 1.41. The van der Waals surface area contributed by atoms with Gasteiger partial charge in [-0.3, -0.25) is 4.79 Å². The highest BCUT2D eigenvalue weighted by Crippen LogP contribution is 2.35. The number of carbonyl (C=O) groups is 1. The number of allylic oxidation sites excluding steroid dienone is 1. The van der Waals surface area contributed by atoms with E-state index < -0.39 is 0 Å².